The Morgan fingerprint density at radius 3 is 2.04 bits per heavy atom. The standard InChI is InChI=1S/C22H19N3O2/c1-14-20(12-23)22(21(13-26)25(14)3)18-6-4-16(5-7-18)17-8-10-19(11-9-17)24-15(2)27/h4-11,13H,1-3H3,(H,24,27). The van der Waals surface area contributed by atoms with E-state index in [4.69, 9.17) is 0 Å². The molecular weight excluding hydrogens is 338 g/mol. The number of nitrogens with zero attached hydrogens (tertiary/aromatic N) is 2. The van der Waals surface area contributed by atoms with Crippen molar-refractivity contribution in [3.8, 4) is 28.3 Å². The Morgan fingerprint density at radius 2 is 1.56 bits per heavy atom. The summed E-state index contributed by atoms with van der Waals surface area (Å²) < 4.78 is 1.75. The average Bonchev–Trinajstić information content (AvgIpc) is 2.92. The zero-order valence-electron chi connectivity index (χ0n) is 15.4. The number of anilines is 1. The van der Waals surface area contributed by atoms with E-state index in [-0.39, 0.29) is 5.91 Å². The third-order valence-corrected chi connectivity index (χ3v) is 4.67. The lowest BCUT2D eigenvalue weighted by atomic mass is 9.97. The van der Waals surface area contributed by atoms with Crippen molar-refractivity contribution in [3.05, 3.63) is 65.5 Å². The molecule has 0 spiro atoms. The van der Waals surface area contributed by atoms with Gasteiger partial charge in [0.25, 0.3) is 0 Å². The third-order valence-electron chi connectivity index (χ3n) is 4.67. The zero-order chi connectivity index (χ0) is 19.6. The zero-order valence-corrected chi connectivity index (χ0v) is 15.4. The number of benzene rings is 2. The van der Waals surface area contributed by atoms with Gasteiger partial charge >= 0.3 is 0 Å². The summed E-state index contributed by atoms with van der Waals surface area (Å²) in [6.07, 6.45) is 0.790. The van der Waals surface area contributed by atoms with Gasteiger partial charge in [-0.25, -0.2) is 0 Å². The molecule has 5 heteroatoms. The average molecular weight is 357 g/mol. The molecule has 0 radical (unpaired) electrons. The van der Waals surface area contributed by atoms with Gasteiger partial charge in [0, 0.05) is 30.9 Å². The van der Waals surface area contributed by atoms with Gasteiger partial charge in [0.1, 0.15) is 6.07 Å². The van der Waals surface area contributed by atoms with Crippen LogP contribution in [0.2, 0.25) is 0 Å². The minimum Gasteiger partial charge on any atom is -0.344 e. The number of carbonyl (C=O) groups is 2. The lowest BCUT2D eigenvalue weighted by molar-refractivity contribution is -0.114. The molecule has 3 rings (SSSR count). The third kappa shape index (κ3) is 3.38. The quantitative estimate of drug-likeness (QED) is 0.707. The Labute approximate surface area is 157 Å². The molecular formula is C22H19N3O2. The fourth-order valence-corrected chi connectivity index (χ4v) is 3.17. The molecule has 0 aliphatic carbocycles. The maximum Gasteiger partial charge on any atom is 0.221 e. The Bertz CT molecular complexity index is 1050. The van der Waals surface area contributed by atoms with Crippen molar-refractivity contribution in [1.82, 2.24) is 4.57 Å². The van der Waals surface area contributed by atoms with Crippen molar-refractivity contribution in [2.45, 2.75) is 13.8 Å². The van der Waals surface area contributed by atoms with Gasteiger partial charge in [0.15, 0.2) is 6.29 Å². The summed E-state index contributed by atoms with van der Waals surface area (Å²) in [6.45, 7) is 3.31. The van der Waals surface area contributed by atoms with Crippen molar-refractivity contribution >= 4 is 17.9 Å². The summed E-state index contributed by atoms with van der Waals surface area (Å²) in [5.41, 5.74) is 6.05. The fourth-order valence-electron chi connectivity index (χ4n) is 3.17. The molecule has 0 aliphatic heterocycles. The molecule has 2 aromatic carbocycles. The molecule has 0 aliphatic rings. The van der Waals surface area contributed by atoms with Crippen LogP contribution < -0.4 is 5.32 Å². The van der Waals surface area contributed by atoms with Crippen LogP contribution in [-0.2, 0) is 11.8 Å². The molecule has 0 saturated carbocycles. The summed E-state index contributed by atoms with van der Waals surface area (Å²) in [4.78, 5) is 22.6. The van der Waals surface area contributed by atoms with Crippen LogP contribution in [0.3, 0.4) is 0 Å². The van der Waals surface area contributed by atoms with Gasteiger partial charge in [-0.2, -0.15) is 5.26 Å². The number of aldehydes is 1. The van der Waals surface area contributed by atoms with E-state index in [1.54, 1.807) is 11.6 Å². The molecule has 1 N–H and O–H groups in total. The van der Waals surface area contributed by atoms with E-state index in [0.717, 1.165) is 34.4 Å². The summed E-state index contributed by atoms with van der Waals surface area (Å²) in [5.74, 6) is -0.107. The number of nitrogens with one attached hydrogen (secondary N) is 1. The van der Waals surface area contributed by atoms with E-state index < -0.39 is 0 Å². The van der Waals surface area contributed by atoms with E-state index >= 15 is 0 Å². The second kappa shape index (κ2) is 7.30. The van der Waals surface area contributed by atoms with Gasteiger partial charge in [-0.15, -0.1) is 0 Å². The largest absolute Gasteiger partial charge is 0.344 e. The van der Waals surface area contributed by atoms with Crippen LogP contribution in [0.15, 0.2) is 48.5 Å². The molecule has 5 nitrogen and oxygen atoms in total. The van der Waals surface area contributed by atoms with Gasteiger partial charge in [0.05, 0.1) is 11.3 Å². The number of aromatic nitrogens is 1. The van der Waals surface area contributed by atoms with Crippen LogP contribution >= 0.6 is 0 Å². The van der Waals surface area contributed by atoms with Crippen LogP contribution in [-0.4, -0.2) is 16.8 Å². The summed E-state index contributed by atoms with van der Waals surface area (Å²) >= 11 is 0. The first kappa shape index (κ1) is 18.2. The van der Waals surface area contributed by atoms with Crippen molar-refractivity contribution in [3.63, 3.8) is 0 Å². The van der Waals surface area contributed by atoms with Gasteiger partial charge in [-0.1, -0.05) is 36.4 Å². The van der Waals surface area contributed by atoms with Crippen LogP contribution in [0.4, 0.5) is 5.69 Å². The second-order valence-electron chi connectivity index (χ2n) is 6.35. The van der Waals surface area contributed by atoms with Gasteiger partial charge in [-0.3, -0.25) is 9.59 Å². The minimum atomic E-state index is -0.107. The Hall–Kier alpha value is -3.65. The number of amides is 1. The molecule has 1 heterocycles. The Morgan fingerprint density at radius 1 is 1.04 bits per heavy atom. The van der Waals surface area contributed by atoms with Crippen molar-refractivity contribution < 1.29 is 9.59 Å². The summed E-state index contributed by atoms with van der Waals surface area (Å²) in [7, 11) is 1.79. The van der Waals surface area contributed by atoms with Gasteiger partial charge in [0.2, 0.25) is 5.91 Å². The van der Waals surface area contributed by atoms with Crippen LogP contribution in [0, 0.1) is 18.3 Å². The van der Waals surface area contributed by atoms with Crippen molar-refractivity contribution in [2.24, 2.45) is 7.05 Å². The monoisotopic (exact) mass is 357 g/mol. The number of nitriles is 1. The lowest BCUT2D eigenvalue weighted by Gasteiger charge is -2.07. The molecule has 27 heavy (non-hydrogen) atoms. The first-order valence-electron chi connectivity index (χ1n) is 8.49. The minimum absolute atomic E-state index is 0.107. The Balaban J connectivity index is 1.97. The summed E-state index contributed by atoms with van der Waals surface area (Å²) in [6, 6.07) is 17.5. The SMILES string of the molecule is CC(=O)Nc1ccc(-c2ccc(-c3c(C#N)c(C)n(C)c3C=O)cc2)cc1. The van der Waals surface area contributed by atoms with E-state index in [2.05, 4.69) is 11.4 Å². The van der Waals surface area contributed by atoms with Crippen LogP contribution in [0.5, 0.6) is 0 Å². The molecule has 1 amide bonds. The van der Waals surface area contributed by atoms with Crippen molar-refractivity contribution in [1.29, 1.82) is 5.26 Å². The number of carbonyl (C=O) groups excluding carboxylic acids is 2. The smallest absolute Gasteiger partial charge is 0.221 e. The highest BCUT2D eigenvalue weighted by Crippen LogP contribution is 2.32. The van der Waals surface area contributed by atoms with E-state index in [0.29, 0.717) is 16.8 Å². The lowest BCUT2D eigenvalue weighted by Crippen LogP contribution is -2.05. The number of hydrogen-bond acceptors (Lipinski definition) is 3. The molecule has 1 aromatic heterocycles. The van der Waals surface area contributed by atoms with Crippen LogP contribution in [0.1, 0.15) is 28.7 Å². The maximum absolute atomic E-state index is 11.5. The fraction of sp³-hybridized carbons (Fsp3) is 0.136. The predicted octanol–water partition coefficient (Wildman–Crippen LogP) is 4.31. The normalized spacial score (nSPS) is 10.3. The highest BCUT2D eigenvalue weighted by atomic mass is 16.1. The van der Waals surface area contributed by atoms with E-state index in [1.807, 2.05) is 55.5 Å². The van der Waals surface area contributed by atoms with Crippen LogP contribution in [0.25, 0.3) is 22.3 Å². The number of rotatable bonds is 4. The highest BCUT2D eigenvalue weighted by Gasteiger charge is 2.19. The van der Waals surface area contributed by atoms with Crippen molar-refractivity contribution in [2.75, 3.05) is 5.32 Å². The molecule has 3 aromatic rings. The highest BCUT2D eigenvalue weighted by molar-refractivity contribution is 5.91. The molecule has 134 valence electrons. The molecule has 0 saturated heterocycles. The second-order valence-corrected chi connectivity index (χ2v) is 6.35. The van der Waals surface area contributed by atoms with E-state index in [1.165, 1.54) is 6.92 Å². The molecule has 0 unspecified atom stereocenters. The maximum atomic E-state index is 11.5. The summed E-state index contributed by atoms with van der Waals surface area (Å²) in [5, 5.41) is 12.2. The molecule has 0 atom stereocenters. The predicted molar refractivity (Wildman–Crippen MR) is 105 cm³/mol. The number of hydrogen-bond donors (Lipinski definition) is 1. The topological polar surface area (TPSA) is 74.9 Å². The van der Waals surface area contributed by atoms with Gasteiger partial charge in [-0.05, 0) is 35.7 Å². The first-order valence-corrected chi connectivity index (χ1v) is 8.49. The Kier molecular flexibility index (Phi) is 4.91. The van der Waals surface area contributed by atoms with E-state index in [9.17, 15) is 14.9 Å². The first-order chi connectivity index (χ1) is 13.0. The van der Waals surface area contributed by atoms with Gasteiger partial charge < -0.3 is 9.88 Å². The molecule has 0 fully saturated rings. The molecule has 0 bridgehead atoms.